The summed E-state index contributed by atoms with van der Waals surface area (Å²) in [6.07, 6.45) is -0.0870. The average Bonchev–Trinajstić information content (AvgIpc) is 3.81. The fourth-order valence-corrected chi connectivity index (χ4v) is 12.1. The first kappa shape index (κ1) is 44.2. The van der Waals surface area contributed by atoms with Crippen molar-refractivity contribution in [2.24, 2.45) is 0 Å². The predicted octanol–water partition coefficient (Wildman–Crippen LogP) is 18.6. The van der Waals surface area contributed by atoms with Gasteiger partial charge in [-0.2, -0.15) is 26.3 Å². The molecule has 0 N–H and O–H groups in total. The number of nitrogens with zero attached hydrogens (tertiary/aromatic N) is 2. The lowest BCUT2D eigenvalue weighted by molar-refractivity contribution is -0.138. The van der Waals surface area contributed by atoms with E-state index in [0.29, 0.717) is 27.9 Å². The molecule has 0 aliphatic heterocycles. The molecule has 0 amide bonds. The van der Waals surface area contributed by atoms with E-state index in [1.807, 2.05) is 13.8 Å². The van der Waals surface area contributed by atoms with E-state index >= 15 is 26.3 Å². The van der Waals surface area contributed by atoms with Gasteiger partial charge < -0.3 is 9.13 Å². The zero-order chi connectivity index (χ0) is 47.2. The van der Waals surface area contributed by atoms with E-state index in [1.54, 1.807) is 12.1 Å². The summed E-state index contributed by atoms with van der Waals surface area (Å²) in [5.74, 6) is -0.137. The van der Waals surface area contributed by atoms with Crippen LogP contribution in [-0.4, -0.2) is 9.13 Å². The summed E-state index contributed by atoms with van der Waals surface area (Å²) in [4.78, 5) is 0. The van der Waals surface area contributed by atoms with Gasteiger partial charge in [0.05, 0.1) is 44.6 Å². The highest BCUT2D eigenvalue weighted by Crippen LogP contribution is 2.56. The summed E-state index contributed by atoms with van der Waals surface area (Å²) in [6, 6.07) is 37.0. The van der Waals surface area contributed by atoms with E-state index in [-0.39, 0.29) is 11.8 Å². The molecule has 7 aromatic carbocycles. The number of hydrogen-bond donors (Lipinski definition) is 0. The minimum Gasteiger partial charge on any atom is -0.309 e. The topological polar surface area (TPSA) is 9.86 Å². The fourth-order valence-electron chi connectivity index (χ4n) is 12.1. The molecule has 0 unspecified atom stereocenters. The van der Waals surface area contributed by atoms with Gasteiger partial charge in [0.15, 0.2) is 0 Å². The Labute approximate surface area is 393 Å². The Morgan fingerprint density at radius 1 is 0.382 bits per heavy atom. The lowest BCUT2D eigenvalue weighted by Crippen LogP contribution is -2.20. The smallest absolute Gasteiger partial charge is 0.309 e. The summed E-state index contributed by atoms with van der Waals surface area (Å²) in [5.41, 5.74) is 11.9. The van der Waals surface area contributed by atoms with Crippen LogP contribution in [0.15, 0.2) is 121 Å². The molecule has 2 aliphatic carbocycles. The highest BCUT2D eigenvalue weighted by Gasteiger charge is 2.39. The van der Waals surface area contributed by atoms with Gasteiger partial charge >= 0.3 is 12.4 Å². The van der Waals surface area contributed by atoms with E-state index in [4.69, 9.17) is 0 Å². The van der Waals surface area contributed by atoms with Gasteiger partial charge in [0, 0.05) is 32.7 Å². The minimum absolute atomic E-state index is 0.0686. The molecular weight excluding hydrogens is 863 g/mol. The van der Waals surface area contributed by atoms with Crippen LogP contribution in [0.25, 0.3) is 77.2 Å². The fraction of sp³-hybridized carbons (Fsp3) is 0.300. The van der Waals surface area contributed by atoms with Gasteiger partial charge in [-0.25, -0.2) is 0 Å². The first-order valence-corrected chi connectivity index (χ1v) is 24.3. The van der Waals surface area contributed by atoms with Gasteiger partial charge in [-0.15, -0.1) is 0 Å². The molecule has 0 atom stereocenters. The average molecular weight is 917 g/mol. The van der Waals surface area contributed by atoms with Crippen molar-refractivity contribution < 1.29 is 26.3 Å². The van der Waals surface area contributed by atoms with Crippen molar-refractivity contribution in [1.29, 1.82) is 0 Å². The van der Waals surface area contributed by atoms with Crippen molar-refractivity contribution in [3.63, 3.8) is 0 Å². The molecule has 2 fully saturated rings. The number of halogens is 6. The van der Waals surface area contributed by atoms with Crippen LogP contribution in [0.1, 0.15) is 121 Å². The molecule has 8 heteroatoms. The van der Waals surface area contributed by atoms with Crippen LogP contribution in [0.3, 0.4) is 0 Å². The van der Waals surface area contributed by atoms with Crippen molar-refractivity contribution in [3.05, 3.63) is 166 Å². The lowest BCUT2D eigenvalue weighted by Gasteiger charge is -2.37. The van der Waals surface area contributed by atoms with Crippen molar-refractivity contribution in [2.45, 2.75) is 116 Å². The van der Waals surface area contributed by atoms with E-state index in [1.165, 1.54) is 24.3 Å². The van der Waals surface area contributed by atoms with Gasteiger partial charge in [-0.05, 0) is 160 Å². The van der Waals surface area contributed by atoms with Crippen LogP contribution in [0.2, 0.25) is 0 Å². The standard InChI is InChI=1S/C60H54F6N2/c1-35-21-25-49-45(29-35)46-30-36(2)22-26-50(46)67(49)57-53(39-13-7-5-8-14-39)55(41-17-11-19-43(33-41)59(61,62)63)58(68-51-27-23-37(3)31-47(51)48-32-38(4)24-28-52(48)68)56(54(57)40-15-9-6-10-16-40)42-18-12-20-44(34-42)60(64,65)66/h11-12,17-34,39-40H,5-10,13-16H2,1-4H3. The van der Waals surface area contributed by atoms with E-state index in [0.717, 1.165) is 159 Å². The summed E-state index contributed by atoms with van der Waals surface area (Å²) >= 11 is 0. The Balaban J connectivity index is 1.48. The van der Waals surface area contributed by atoms with Gasteiger partial charge in [0.2, 0.25) is 0 Å². The van der Waals surface area contributed by atoms with Gasteiger partial charge in [0.25, 0.3) is 0 Å². The Morgan fingerprint density at radius 2 is 0.706 bits per heavy atom. The molecule has 2 heterocycles. The van der Waals surface area contributed by atoms with Gasteiger partial charge in [-0.3, -0.25) is 0 Å². The second-order valence-corrected chi connectivity index (χ2v) is 19.9. The molecule has 2 aromatic heterocycles. The van der Waals surface area contributed by atoms with Gasteiger partial charge in [0.1, 0.15) is 0 Å². The second-order valence-electron chi connectivity index (χ2n) is 19.9. The molecule has 9 aromatic rings. The maximum absolute atomic E-state index is 15.2. The van der Waals surface area contributed by atoms with Crippen LogP contribution < -0.4 is 0 Å². The lowest BCUT2D eigenvalue weighted by atomic mass is 9.72. The molecule has 2 nitrogen and oxygen atoms in total. The van der Waals surface area contributed by atoms with Crippen molar-refractivity contribution >= 4 is 43.6 Å². The molecule has 2 aliphatic rings. The highest BCUT2D eigenvalue weighted by atomic mass is 19.4. The molecule has 346 valence electrons. The van der Waals surface area contributed by atoms with Crippen LogP contribution in [0, 0.1) is 27.7 Å². The number of benzene rings is 7. The van der Waals surface area contributed by atoms with Crippen LogP contribution in [0.4, 0.5) is 26.3 Å². The first-order valence-electron chi connectivity index (χ1n) is 24.3. The Morgan fingerprint density at radius 3 is 1.03 bits per heavy atom. The second kappa shape index (κ2) is 16.7. The van der Waals surface area contributed by atoms with Crippen molar-refractivity contribution in [3.8, 4) is 33.6 Å². The monoisotopic (exact) mass is 916 g/mol. The third kappa shape index (κ3) is 7.50. The number of fused-ring (bicyclic) bond motifs is 6. The van der Waals surface area contributed by atoms with Gasteiger partial charge in [-0.1, -0.05) is 109 Å². The number of aryl methyl sites for hydroxylation is 4. The molecule has 2 saturated carbocycles. The third-order valence-electron chi connectivity index (χ3n) is 15.1. The number of aromatic nitrogens is 2. The predicted molar refractivity (Wildman–Crippen MR) is 267 cm³/mol. The minimum atomic E-state index is -4.65. The summed E-state index contributed by atoms with van der Waals surface area (Å²) in [7, 11) is 0. The number of rotatable bonds is 6. The summed E-state index contributed by atoms with van der Waals surface area (Å²) in [6.45, 7) is 8.26. The molecule has 0 spiro atoms. The zero-order valence-electron chi connectivity index (χ0n) is 38.9. The molecule has 0 bridgehead atoms. The van der Waals surface area contributed by atoms with Crippen molar-refractivity contribution in [1.82, 2.24) is 9.13 Å². The molecular formula is C60H54F6N2. The number of alkyl halides is 6. The third-order valence-corrected chi connectivity index (χ3v) is 15.1. The van der Waals surface area contributed by atoms with Crippen LogP contribution in [-0.2, 0) is 12.4 Å². The van der Waals surface area contributed by atoms with E-state index < -0.39 is 23.5 Å². The van der Waals surface area contributed by atoms with Crippen LogP contribution >= 0.6 is 0 Å². The molecule has 0 radical (unpaired) electrons. The maximum Gasteiger partial charge on any atom is 0.416 e. The highest BCUT2D eigenvalue weighted by molar-refractivity contribution is 6.13. The zero-order valence-corrected chi connectivity index (χ0v) is 38.9. The largest absolute Gasteiger partial charge is 0.416 e. The quantitative estimate of drug-likeness (QED) is 0.147. The Hall–Kier alpha value is -6.28. The summed E-state index contributed by atoms with van der Waals surface area (Å²) in [5, 5.41) is 4.08. The number of hydrogen-bond acceptors (Lipinski definition) is 0. The van der Waals surface area contributed by atoms with E-state index in [9.17, 15) is 0 Å². The summed E-state index contributed by atoms with van der Waals surface area (Å²) < 4.78 is 95.9. The normalized spacial score (nSPS) is 15.7. The van der Waals surface area contributed by atoms with Crippen LogP contribution in [0.5, 0.6) is 0 Å². The van der Waals surface area contributed by atoms with Crippen molar-refractivity contribution in [2.75, 3.05) is 0 Å². The molecule has 68 heavy (non-hydrogen) atoms. The molecule has 11 rings (SSSR count). The Kier molecular flexibility index (Phi) is 10.9. The van der Waals surface area contributed by atoms with E-state index in [2.05, 4.69) is 95.8 Å². The molecule has 0 saturated heterocycles. The Bertz CT molecular complexity index is 3220. The maximum atomic E-state index is 15.2. The SMILES string of the molecule is Cc1ccc2c(c1)c1cc(C)ccc1n2-c1c(-c2cccc(C(F)(F)F)c2)c(C2CCCCC2)c(-n2c3ccc(C)cc3c3cc(C)ccc32)c(C2CCCCC2)c1-c1cccc(C(F)(F)F)c1. The first-order chi connectivity index (χ1) is 32.7.